The van der Waals surface area contributed by atoms with E-state index < -0.39 is 0 Å². The molecule has 74 valence electrons. The maximum atomic E-state index is 10.5. The van der Waals surface area contributed by atoms with Crippen molar-refractivity contribution in [3.05, 3.63) is 35.2 Å². The van der Waals surface area contributed by atoms with Gasteiger partial charge < -0.3 is 4.90 Å². The smallest absolute Gasteiger partial charge is 0.109 e. The first-order valence-corrected chi connectivity index (χ1v) is 5.02. The molecule has 0 aromatic heterocycles. The second-order valence-electron chi connectivity index (χ2n) is 3.68. The number of benzene rings is 1. The molecule has 1 fully saturated rings. The lowest BCUT2D eigenvalue weighted by Crippen LogP contribution is -2.37. The van der Waals surface area contributed by atoms with Crippen molar-refractivity contribution in [1.82, 2.24) is 0 Å². The number of anilines is 1. The standard InChI is InChI=1S/C11H14N2O/c14-12-10-5-4-8-13(9-10)11-6-2-1-3-7-11/h1-3,6-7,10H,4-5,8-9H2/t10-/m0/s1. The van der Waals surface area contributed by atoms with Gasteiger partial charge in [0.15, 0.2) is 0 Å². The van der Waals surface area contributed by atoms with Gasteiger partial charge in [-0.3, -0.25) is 0 Å². The molecular weight excluding hydrogens is 176 g/mol. The molecule has 1 aliphatic heterocycles. The summed E-state index contributed by atoms with van der Waals surface area (Å²) in [5.41, 5.74) is 1.20. The van der Waals surface area contributed by atoms with Gasteiger partial charge in [0.25, 0.3) is 0 Å². The minimum Gasteiger partial charge on any atom is -0.369 e. The van der Waals surface area contributed by atoms with E-state index in [0.717, 1.165) is 25.9 Å². The lowest BCUT2D eigenvalue weighted by atomic mass is 10.1. The summed E-state index contributed by atoms with van der Waals surface area (Å²) >= 11 is 0. The fourth-order valence-corrected chi connectivity index (χ4v) is 1.91. The van der Waals surface area contributed by atoms with Gasteiger partial charge in [0.1, 0.15) is 6.04 Å². The molecule has 0 amide bonds. The van der Waals surface area contributed by atoms with Crippen LogP contribution in [-0.4, -0.2) is 19.1 Å². The van der Waals surface area contributed by atoms with E-state index in [-0.39, 0.29) is 6.04 Å². The molecule has 1 heterocycles. The summed E-state index contributed by atoms with van der Waals surface area (Å²) in [5, 5.41) is 3.13. The van der Waals surface area contributed by atoms with Crippen LogP contribution in [0, 0.1) is 4.91 Å². The Hall–Kier alpha value is -1.38. The second kappa shape index (κ2) is 4.22. The largest absolute Gasteiger partial charge is 0.369 e. The monoisotopic (exact) mass is 190 g/mol. The lowest BCUT2D eigenvalue weighted by molar-refractivity contribution is 0.505. The molecule has 3 heteroatoms. The van der Waals surface area contributed by atoms with Crippen LogP contribution >= 0.6 is 0 Å². The molecule has 1 aromatic carbocycles. The van der Waals surface area contributed by atoms with Crippen molar-refractivity contribution < 1.29 is 0 Å². The quantitative estimate of drug-likeness (QED) is 0.671. The van der Waals surface area contributed by atoms with Crippen LogP contribution in [0.5, 0.6) is 0 Å². The number of nitrogens with zero attached hydrogens (tertiary/aromatic N) is 2. The van der Waals surface area contributed by atoms with Crippen molar-refractivity contribution in [3.8, 4) is 0 Å². The highest BCUT2D eigenvalue weighted by atomic mass is 16.3. The fourth-order valence-electron chi connectivity index (χ4n) is 1.91. The Morgan fingerprint density at radius 3 is 2.79 bits per heavy atom. The van der Waals surface area contributed by atoms with E-state index in [1.165, 1.54) is 5.69 Å². The zero-order valence-electron chi connectivity index (χ0n) is 8.10. The first-order chi connectivity index (χ1) is 6.90. The summed E-state index contributed by atoms with van der Waals surface area (Å²) in [7, 11) is 0. The van der Waals surface area contributed by atoms with Crippen LogP contribution in [0.3, 0.4) is 0 Å². The molecule has 0 aliphatic carbocycles. The van der Waals surface area contributed by atoms with E-state index in [0.29, 0.717) is 0 Å². The zero-order chi connectivity index (χ0) is 9.80. The maximum absolute atomic E-state index is 10.5. The van der Waals surface area contributed by atoms with Crippen molar-refractivity contribution in [2.45, 2.75) is 18.9 Å². The van der Waals surface area contributed by atoms with Crippen LogP contribution in [0.4, 0.5) is 5.69 Å². The minimum atomic E-state index is -0.0241. The lowest BCUT2D eigenvalue weighted by Gasteiger charge is -2.31. The minimum absolute atomic E-state index is 0.0241. The third kappa shape index (κ3) is 1.92. The van der Waals surface area contributed by atoms with Crippen molar-refractivity contribution >= 4 is 5.69 Å². The molecule has 1 aromatic rings. The van der Waals surface area contributed by atoms with Crippen LogP contribution < -0.4 is 4.90 Å². The highest BCUT2D eigenvalue weighted by Gasteiger charge is 2.19. The van der Waals surface area contributed by atoms with Crippen LogP contribution in [-0.2, 0) is 0 Å². The Morgan fingerprint density at radius 2 is 2.07 bits per heavy atom. The van der Waals surface area contributed by atoms with E-state index >= 15 is 0 Å². The summed E-state index contributed by atoms with van der Waals surface area (Å²) in [6.07, 6.45) is 2.00. The van der Waals surface area contributed by atoms with Crippen molar-refractivity contribution in [3.63, 3.8) is 0 Å². The normalized spacial score (nSPS) is 22.0. The summed E-state index contributed by atoms with van der Waals surface area (Å²) in [6.45, 7) is 1.81. The van der Waals surface area contributed by atoms with Gasteiger partial charge in [-0.25, -0.2) is 0 Å². The fraction of sp³-hybridized carbons (Fsp3) is 0.455. The average molecular weight is 190 g/mol. The highest BCUT2D eigenvalue weighted by Crippen LogP contribution is 2.20. The molecule has 1 saturated heterocycles. The molecule has 0 N–H and O–H groups in total. The number of rotatable bonds is 2. The van der Waals surface area contributed by atoms with Gasteiger partial charge >= 0.3 is 0 Å². The summed E-state index contributed by atoms with van der Waals surface area (Å²) < 4.78 is 0. The Morgan fingerprint density at radius 1 is 1.29 bits per heavy atom. The Labute approximate surface area is 83.7 Å². The Balaban J connectivity index is 2.08. The molecular formula is C11H14N2O. The van der Waals surface area contributed by atoms with Gasteiger partial charge in [-0.1, -0.05) is 23.4 Å². The third-order valence-electron chi connectivity index (χ3n) is 2.67. The molecule has 0 unspecified atom stereocenters. The van der Waals surface area contributed by atoms with E-state index in [4.69, 9.17) is 0 Å². The first kappa shape index (κ1) is 9.19. The molecule has 3 nitrogen and oxygen atoms in total. The van der Waals surface area contributed by atoms with Gasteiger partial charge in [0.05, 0.1) is 0 Å². The van der Waals surface area contributed by atoms with E-state index in [9.17, 15) is 4.91 Å². The van der Waals surface area contributed by atoms with Gasteiger partial charge in [-0.2, -0.15) is 4.91 Å². The molecule has 2 rings (SSSR count). The molecule has 0 spiro atoms. The maximum Gasteiger partial charge on any atom is 0.109 e. The number of hydrogen-bond donors (Lipinski definition) is 0. The Bertz CT molecular complexity index is 299. The van der Waals surface area contributed by atoms with E-state index in [1.54, 1.807) is 0 Å². The second-order valence-corrected chi connectivity index (χ2v) is 3.68. The van der Waals surface area contributed by atoms with Gasteiger partial charge in [0.2, 0.25) is 0 Å². The summed E-state index contributed by atoms with van der Waals surface area (Å²) in [5.74, 6) is 0. The predicted molar refractivity (Wildman–Crippen MR) is 57.5 cm³/mol. The zero-order valence-corrected chi connectivity index (χ0v) is 8.10. The molecule has 1 atom stereocenters. The SMILES string of the molecule is O=N[C@H]1CCCN(c2ccccc2)C1. The molecule has 1 aliphatic rings. The van der Waals surface area contributed by atoms with Crippen molar-refractivity contribution in [2.24, 2.45) is 5.18 Å². The summed E-state index contributed by atoms with van der Waals surface area (Å²) in [4.78, 5) is 12.7. The molecule has 0 saturated carbocycles. The van der Waals surface area contributed by atoms with Gasteiger partial charge in [0, 0.05) is 18.8 Å². The number of piperidine rings is 1. The van der Waals surface area contributed by atoms with Gasteiger partial charge in [-0.05, 0) is 25.0 Å². The molecule has 0 radical (unpaired) electrons. The van der Waals surface area contributed by atoms with E-state index in [1.807, 2.05) is 18.2 Å². The van der Waals surface area contributed by atoms with Gasteiger partial charge in [-0.15, -0.1) is 0 Å². The predicted octanol–water partition coefficient (Wildman–Crippen LogP) is 2.42. The molecule has 14 heavy (non-hydrogen) atoms. The highest BCUT2D eigenvalue weighted by molar-refractivity contribution is 5.46. The van der Waals surface area contributed by atoms with Crippen LogP contribution in [0.1, 0.15) is 12.8 Å². The topological polar surface area (TPSA) is 32.7 Å². The number of para-hydroxylation sites is 1. The van der Waals surface area contributed by atoms with Crippen molar-refractivity contribution in [2.75, 3.05) is 18.0 Å². The Kier molecular flexibility index (Phi) is 2.77. The van der Waals surface area contributed by atoms with E-state index in [2.05, 4.69) is 22.2 Å². The average Bonchev–Trinajstić information content (AvgIpc) is 2.30. The van der Waals surface area contributed by atoms with Crippen molar-refractivity contribution in [1.29, 1.82) is 0 Å². The van der Waals surface area contributed by atoms with Crippen LogP contribution in [0.15, 0.2) is 35.5 Å². The molecule has 0 bridgehead atoms. The summed E-state index contributed by atoms with van der Waals surface area (Å²) in [6, 6.07) is 10.2. The number of hydrogen-bond acceptors (Lipinski definition) is 3. The third-order valence-corrected chi connectivity index (χ3v) is 2.67. The van der Waals surface area contributed by atoms with Crippen LogP contribution in [0.2, 0.25) is 0 Å². The number of nitroso groups, excluding NO2 is 1. The first-order valence-electron chi connectivity index (χ1n) is 5.02. The van der Waals surface area contributed by atoms with Crippen LogP contribution in [0.25, 0.3) is 0 Å².